The predicted octanol–water partition coefficient (Wildman–Crippen LogP) is 3.71. The Morgan fingerprint density at radius 3 is 2.42 bits per heavy atom. The summed E-state index contributed by atoms with van der Waals surface area (Å²) in [6.07, 6.45) is 1.51. The third-order valence-electron chi connectivity index (χ3n) is 12.4. The molecule has 5 rings (SSSR count). The molecule has 2 unspecified atom stereocenters. The zero-order chi connectivity index (χ0) is 41.8. The number of aryl methyl sites for hydroxylation is 1. The highest BCUT2D eigenvalue weighted by Gasteiger charge is 2.58. The molecule has 3 aliphatic rings. The number of likely N-dealkylation sites (N-methyl/N-ethyl adjacent to an activating group) is 1. The van der Waals surface area contributed by atoms with Crippen molar-refractivity contribution in [3.63, 3.8) is 0 Å². The number of fused-ring (bicyclic) bond motifs is 1. The van der Waals surface area contributed by atoms with Crippen LogP contribution < -0.4 is 5.32 Å². The molecule has 0 bridgehead atoms. The Labute approximate surface area is 337 Å². The van der Waals surface area contributed by atoms with Crippen molar-refractivity contribution in [2.24, 2.45) is 17.8 Å². The fourth-order valence-corrected chi connectivity index (χ4v) is 8.87. The molecule has 57 heavy (non-hydrogen) atoms. The fraction of sp³-hybridized carbons (Fsp3) is 0.756. The van der Waals surface area contributed by atoms with Crippen molar-refractivity contribution in [3.05, 3.63) is 30.6 Å². The van der Waals surface area contributed by atoms with Crippen molar-refractivity contribution in [2.45, 2.75) is 148 Å². The number of unbranched alkanes of at least 4 members (excludes halogenated alkanes) is 1. The Morgan fingerprint density at radius 1 is 1.04 bits per heavy atom. The van der Waals surface area contributed by atoms with E-state index in [0.717, 1.165) is 12.1 Å². The average molecular weight is 800 g/mol. The average Bonchev–Trinajstić information content (AvgIpc) is 3.76. The number of nitrogens with zero attached hydrogens (tertiary/aromatic N) is 6. The Bertz CT molecular complexity index is 1660. The highest BCUT2D eigenvalue weighted by molar-refractivity contribution is 6.00. The van der Waals surface area contributed by atoms with Crippen LogP contribution in [0, 0.1) is 17.8 Å². The molecule has 0 radical (unpaired) electrons. The number of hydrogen-bond donors (Lipinski definition) is 2. The van der Waals surface area contributed by atoms with Crippen LogP contribution in [0.3, 0.4) is 0 Å². The second-order valence-electron chi connectivity index (χ2n) is 17.1. The summed E-state index contributed by atoms with van der Waals surface area (Å²) < 4.78 is 33.0. The molecule has 2 aromatic heterocycles. The fourth-order valence-electron chi connectivity index (χ4n) is 8.87. The molecule has 3 fully saturated rings. The van der Waals surface area contributed by atoms with E-state index in [1.807, 2.05) is 64.2 Å². The molecular formula is C41H65N7O9. The number of hydrogen-bond acceptors (Lipinski definition) is 14. The van der Waals surface area contributed by atoms with Gasteiger partial charge >= 0.3 is 12.1 Å². The summed E-state index contributed by atoms with van der Waals surface area (Å²) >= 11 is 0. The zero-order valence-corrected chi connectivity index (χ0v) is 35.6. The van der Waals surface area contributed by atoms with Crippen LogP contribution in [0.15, 0.2) is 30.6 Å². The van der Waals surface area contributed by atoms with Crippen molar-refractivity contribution >= 4 is 17.8 Å². The van der Waals surface area contributed by atoms with Crippen LogP contribution in [-0.2, 0) is 39.8 Å². The Hall–Kier alpha value is -3.54. The summed E-state index contributed by atoms with van der Waals surface area (Å²) in [5.41, 5.74) is -0.843. The molecule has 0 saturated carbocycles. The number of rotatable bonds is 10. The summed E-state index contributed by atoms with van der Waals surface area (Å²) in [4.78, 5) is 49.8. The number of aromatic nitrogens is 4. The number of ketones is 1. The molecule has 16 nitrogen and oxygen atoms in total. The maximum Gasteiger partial charge on any atom is 0.410 e. The minimum absolute atomic E-state index is 0.00862. The van der Waals surface area contributed by atoms with Crippen molar-refractivity contribution in [2.75, 3.05) is 34.3 Å². The number of aliphatic hydroxyl groups excluding tert-OH is 1. The predicted molar refractivity (Wildman–Crippen MR) is 211 cm³/mol. The van der Waals surface area contributed by atoms with Crippen LogP contribution in [0.25, 0.3) is 11.4 Å². The Balaban J connectivity index is 1.36. The quantitative estimate of drug-likeness (QED) is 0.202. The van der Waals surface area contributed by atoms with Gasteiger partial charge in [0.1, 0.15) is 23.8 Å². The molecule has 16 heteroatoms. The van der Waals surface area contributed by atoms with Gasteiger partial charge in [-0.2, -0.15) is 0 Å². The van der Waals surface area contributed by atoms with Gasteiger partial charge in [0.15, 0.2) is 17.7 Å². The lowest BCUT2D eigenvalue weighted by Crippen LogP contribution is -2.60. The molecule has 5 heterocycles. The van der Waals surface area contributed by atoms with Gasteiger partial charge in [-0.1, -0.05) is 25.1 Å². The van der Waals surface area contributed by atoms with Crippen molar-refractivity contribution < 1.29 is 43.2 Å². The molecule has 2 aromatic rings. The smallest absolute Gasteiger partial charge is 0.410 e. The van der Waals surface area contributed by atoms with E-state index in [1.165, 1.54) is 6.92 Å². The van der Waals surface area contributed by atoms with E-state index < -0.39 is 71.5 Å². The lowest BCUT2D eigenvalue weighted by Gasteiger charge is -2.46. The van der Waals surface area contributed by atoms with E-state index in [4.69, 9.17) is 23.7 Å². The SMILES string of the molecule is CO[C@]1(C)C[C@@H](C)CN[C@H](C)[C@H]2N(CCCCn3cc(-c4ccccn4)nn3)C(=O)O[C@]2(C)[C@@H](C)OC(=O)[C@H](C)C(=O)[C@H](C)[C@H]1O[C@@H]1O[C@H](C)CC(N(C)C)C1O. The molecular weight excluding hydrogens is 734 g/mol. The first kappa shape index (κ1) is 44.6. The van der Waals surface area contributed by atoms with Crippen LogP contribution in [0.1, 0.15) is 81.1 Å². The summed E-state index contributed by atoms with van der Waals surface area (Å²) in [7, 11) is 5.38. The van der Waals surface area contributed by atoms with Crippen molar-refractivity contribution in [3.8, 4) is 11.4 Å². The number of nitrogens with one attached hydrogen (secondary N) is 1. The number of ether oxygens (including phenoxy) is 5. The zero-order valence-electron chi connectivity index (χ0n) is 35.6. The number of aliphatic hydroxyl groups is 1. The van der Waals surface area contributed by atoms with Gasteiger partial charge in [-0.25, -0.2) is 4.79 Å². The van der Waals surface area contributed by atoms with E-state index in [-0.39, 0.29) is 24.1 Å². The van der Waals surface area contributed by atoms with Gasteiger partial charge < -0.3 is 39.0 Å². The monoisotopic (exact) mass is 799 g/mol. The van der Waals surface area contributed by atoms with E-state index in [1.54, 1.807) is 43.7 Å². The van der Waals surface area contributed by atoms with Crippen molar-refractivity contribution in [1.82, 2.24) is 35.1 Å². The van der Waals surface area contributed by atoms with E-state index in [0.29, 0.717) is 44.6 Å². The molecule has 13 atom stereocenters. The van der Waals surface area contributed by atoms with Gasteiger partial charge in [-0.15, -0.1) is 5.10 Å². The summed E-state index contributed by atoms with van der Waals surface area (Å²) in [6, 6.07) is 4.60. The van der Waals surface area contributed by atoms with Crippen LogP contribution >= 0.6 is 0 Å². The summed E-state index contributed by atoms with van der Waals surface area (Å²) in [5, 5.41) is 23.6. The molecule has 3 saturated heterocycles. The minimum Gasteiger partial charge on any atom is -0.458 e. The first-order chi connectivity index (χ1) is 26.9. The van der Waals surface area contributed by atoms with Crippen LogP contribution in [-0.4, -0.2) is 147 Å². The van der Waals surface area contributed by atoms with Gasteiger partial charge in [0, 0.05) is 44.4 Å². The number of carbonyl (C=O) groups is 3. The number of pyridine rings is 1. The number of amides is 1. The number of esters is 1. The molecule has 0 spiro atoms. The van der Waals surface area contributed by atoms with Crippen LogP contribution in [0.2, 0.25) is 0 Å². The minimum atomic E-state index is -1.23. The van der Waals surface area contributed by atoms with Gasteiger partial charge in [0.05, 0.1) is 35.7 Å². The second kappa shape index (κ2) is 18.6. The number of cyclic esters (lactones) is 1. The summed E-state index contributed by atoms with van der Waals surface area (Å²) in [5.74, 6) is -3.17. The Morgan fingerprint density at radius 2 is 1.75 bits per heavy atom. The first-order valence-corrected chi connectivity index (χ1v) is 20.4. The third-order valence-corrected chi connectivity index (χ3v) is 12.4. The van der Waals surface area contributed by atoms with Crippen LogP contribution in [0.5, 0.6) is 0 Å². The third kappa shape index (κ3) is 9.85. The first-order valence-electron chi connectivity index (χ1n) is 20.4. The Kier molecular flexibility index (Phi) is 14.5. The topological polar surface area (TPSA) is 180 Å². The molecule has 318 valence electrons. The highest BCUT2D eigenvalue weighted by atomic mass is 16.7. The molecule has 0 aliphatic carbocycles. The number of methoxy groups -OCH3 is 1. The van der Waals surface area contributed by atoms with E-state index in [2.05, 4.69) is 27.5 Å². The molecule has 0 aromatic carbocycles. The van der Waals surface area contributed by atoms with Crippen LogP contribution in [0.4, 0.5) is 4.79 Å². The largest absolute Gasteiger partial charge is 0.458 e. The lowest BCUT2D eigenvalue weighted by atomic mass is 9.78. The van der Waals surface area contributed by atoms with E-state index >= 15 is 0 Å². The maximum absolute atomic E-state index is 14.3. The normalized spacial score (nSPS) is 37.3. The maximum atomic E-state index is 14.3. The van der Waals surface area contributed by atoms with Gasteiger partial charge in [-0.3, -0.25) is 24.2 Å². The van der Waals surface area contributed by atoms with Gasteiger partial charge in [0.25, 0.3) is 0 Å². The molecule has 2 N–H and O–H groups in total. The molecule has 3 aliphatic heterocycles. The van der Waals surface area contributed by atoms with E-state index in [9.17, 15) is 19.5 Å². The highest BCUT2D eigenvalue weighted by Crippen LogP contribution is 2.39. The second-order valence-corrected chi connectivity index (χ2v) is 17.1. The summed E-state index contributed by atoms with van der Waals surface area (Å²) in [6.45, 7) is 16.2. The van der Waals surface area contributed by atoms with Crippen molar-refractivity contribution in [1.29, 1.82) is 0 Å². The van der Waals surface area contributed by atoms with Gasteiger partial charge in [0.2, 0.25) is 0 Å². The number of carbonyl (C=O) groups excluding carboxylic acids is 3. The standard InChI is InChI=1S/C41H65N7O9/c1-24-21-40(7,53-11)36(56-38-34(50)32(46(9)10)20-25(2)54-38)26(3)33(49)27(4)37(51)55-29(6)41(8)35(28(5)43-22-24)48(39(52)57-41)19-15-14-18-47-23-31(44-45-47)30-16-12-13-17-42-30/h12-13,16-17,23-29,32,34-36,38,43,50H,14-15,18-22H2,1-11H3/t24-,25-,26+,27-,28-,29-,32?,34?,35-,36-,38+,40-,41-/m1/s1. The number of Topliss-reactive ketones (excluding diaryl/α,β-unsaturated/α-hetero) is 1. The molecule has 1 amide bonds. The van der Waals surface area contributed by atoms with Gasteiger partial charge in [-0.05, 0) is 106 Å². The lowest BCUT2D eigenvalue weighted by molar-refractivity contribution is -0.295.